The fourth-order valence-electron chi connectivity index (χ4n) is 2.07. The van der Waals surface area contributed by atoms with E-state index in [0.29, 0.717) is 22.7 Å². The third-order valence-corrected chi connectivity index (χ3v) is 3.30. The van der Waals surface area contributed by atoms with Gasteiger partial charge < -0.3 is 19.5 Å². The van der Waals surface area contributed by atoms with Crippen molar-refractivity contribution in [3.05, 3.63) is 54.1 Å². The van der Waals surface area contributed by atoms with Crippen LogP contribution in [-0.2, 0) is 9.53 Å². The second-order valence-electron chi connectivity index (χ2n) is 4.97. The average molecular weight is 313 g/mol. The van der Waals surface area contributed by atoms with Crippen LogP contribution in [0.15, 0.2) is 48.5 Å². The molecule has 6 nitrogen and oxygen atoms in total. The van der Waals surface area contributed by atoms with Crippen molar-refractivity contribution in [2.75, 3.05) is 12.1 Å². The van der Waals surface area contributed by atoms with Crippen molar-refractivity contribution in [2.45, 2.75) is 13.0 Å². The molecule has 1 aliphatic rings. The lowest BCUT2D eigenvalue weighted by molar-refractivity contribution is -0.123. The lowest BCUT2D eigenvalue weighted by Gasteiger charge is -2.13. The van der Waals surface area contributed by atoms with Crippen LogP contribution in [0.4, 0.5) is 5.69 Å². The molecule has 1 amide bonds. The van der Waals surface area contributed by atoms with Gasteiger partial charge in [-0.25, -0.2) is 4.79 Å². The number of fused-ring (bicyclic) bond motifs is 1. The molecule has 1 atom stereocenters. The largest absolute Gasteiger partial charge is 0.454 e. The van der Waals surface area contributed by atoms with Crippen molar-refractivity contribution in [1.82, 2.24) is 0 Å². The summed E-state index contributed by atoms with van der Waals surface area (Å²) in [5.74, 6) is 0.232. The molecule has 1 N–H and O–H groups in total. The van der Waals surface area contributed by atoms with E-state index in [0.717, 1.165) is 0 Å². The predicted molar refractivity (Wildman–Crippen MR) is 82.5 cm³/mol. The molecule has 0 fully saturated rings. The summed E-state index contributed by atoms with van der Waals surface area (Å²) in [6.07, 6.45) is -0.923. The summed E-state index contributed by atoms with van der Waals surface area (Å²) in [6, 6.07) is 13.6. The summed E-state index contributed by atoms with van der Waals surface area (Å²) in [4.78, 5) is 24.0. The molecule has 2 aromatic rings. The van der Waals surface area contributed by atoms with E-state index in [2.05, 4.69) is 5.32 Å². The van der Waals surface area contributed by atoms with E-state index in [1.54, 1.807) is 48.5 Å². The standard InChI is InChI=1S/C17H15NO5/c1-11(23-17(20)12-5-3-2-4-6-12)16(19)18-13-7-8-14-15(9-13)22-10-21-14/h2-9,11H,10H2,1H3,(H,18,19)/t11-/m0/s1. The van der Waals surface area contributed by atoms with Gasteiger partial charge in [0.2, 0.25) is 6.79 Å². The molecule has 0 saturated heterocycles. The van der Waals surface area contributed by atoms with Gasteiger partial charge in [0.15, 0.2) is 17.6 Å². The molecule has 0 radical (unpaired) electrons. The van der Waals surface area contributed by atoms with E-state index in [1.807, 2.05) is 0 Å². The topological polar surface area (TPSA) is 73.9 Å². The van der Waals surface area contributed by atoms with Crippen LogP contribution in [0.25, 0.3) is 0 Å². The summed E-state index contributed by atoms with van der Waals surface area (Å²) in [6.45, 7) is 1.68. The van der Waals surface area contributed by atoms with E-state index in [9.17, 15) is 9.59 Å². The Labute approximate surface area is 133 Å². The summed E-state index contributed by atoms with van der Waals surface area (Å²) in [5, 5.41) is 2.68. The molecular weight excluding hydrogens is 298 g/mol. The number of benzene rings is 2. The number of carbonyl (C=O) groups excluding carboxylic acids is 2. The van der Waals surface area contributed by atoms with E-state index < -0.39 is 18.0 Å². The van der Waals surface area contributed by atoms with Gasteiger partial charge in [-0.05, 0) is 31.2 Å². The van der Waals surface area contributed by atoms with Gasteiger partial charge in [-0.3, -0.25) is 4.79 Å². The lowest BCUT2D eigenvalue weighted by Crippen LogP contribution is -2.29. The molecule has 0 aliphatic carbocycles. The summed E-state index contributed by atoms with van der Waals surface area (Å²) < 4.78 is 15.6. The maximum atomic E-state index is 12.1. The Morgan fingerprint density at radius 1 is 1.09 bits per heavy atom. The highest BCUT2D eigenvalue weighted by Crippen LogP contribution is 2.34. The molecular formula is C17H15NO5. The van der Waals surface area contributed by atoms with Crippen molar-refractivity contribution in [2.24, 2.45) is 0 Å². The second kappa shape index (κ2) is 6.39. The number of hydrogen-bond donors (Lipinski definition) is 1. The normalized spacial score (nSPS) is 13.3. The predicted octanol–water partition coefficient (Wildman–Crippen LogP) is 2.60. The Balaban J connectivity index is 1.60. The number of hydrogen-bond acceptors (Lipinski definition) is 5. The van der Waals surface area contributed by atoms with Gasteiger partial charge in [0.05, 0.1) is 5.56 Å². The monoisotopic (exact) mass is 313 g/mol. The van der Waals surface area contributed by atoms with Crippen molar-refractivity contribution in [1.29, 1.82) is 0 Å². The number of carbonyl (C=O) groups is 2. The minimum atomic E-state index is -0.923. The van der Waals surface area contributed by atoms with Gasteiger partial charge in [0, 0.05) is 11.8 Å². The molecule has 118 valence electrons. The number of rotatable bonds is 4. The average Bonchev–Trinajstić information content (AvgIpc) is 3.03. The van der Waals surface area contributed by atoms with Crippen molar-refractivity contribution >= 4 is 17.6 Å². The summed E-state index contributed by atoms with van der Waals surface area (Å²) in [5.41, 5.74) is 0.942. The Bertz CT molecular complexity index is 729. The number of anilines is 1. The molecule has 0 saturated carbocycles. The molecule has 1 aliphatic heterocycles. The molecule has 2 aromatic carbocycles. The SMILES string of the molecule is C[C@H](OC(=O)c1ccccc1)C(=O)Nc1ccc2c(c1)OCO2. The molecule has 1 heterocycles. The smallest absolute Gasteiger partial charge is 0.338 e. The molecule has 0 aromatic heterocycles. The van der Waals surface area contributed by atoms with Crippen LogP contribution in [0.5, 0.6) is 11.5 Å². The first-order chi connectivity index (χ1) is 11.1. The van der Waals surface area contributed by atoms with Crippen molar-refractivity contribution < 1.29 is 23.8 Å². The van der Waals surface area contributed by atoms with Gasteiger partial charge in [-0.15, -0.1) is 0 Å². The summed E-state index contributed by atoms with van der Waals surface area (Å²) in [7, 11) is 0. The molecule has 6 heteroatoms. The van der Waals surface area contributed by atoms with Crippen LogP contribution < -0.4 is 14.8 Å². The lowest BCUT2D eigenvalue weighted by atomic mass is 10.2. The molecule has 0 unspecified atom stereocenters. The maximum absolute atomic E-state index is 12.1. The van der Waals surface area contributed by atoms with Crippen LogP contribution in [0.1, 0.15) is 17.3 Å². The molecule has 0 spiro atoms. The minimum Gasteiger partial charge on any atom is -0.454 e. The fourth-order valence-corrected chi connectivity index (χ4v) is 2.07. The fraction of sp³-hybridized carbons (Fsp3) is 0.176. The van der Waals surface area contributed by atoms with Gasteiger partial charge >= 0.3 is 5.97 Å². The van der Waals surface area contributed by atoms with Crippen molar-refractivity contribution in [3.63, 3.8) is 0 Å². The first-order valence-corrected chi connectivity index (χ1v) is 7.10. The maximum Gasteiger partial charge on any atom is 0.338 e. The Hall–Kier alpha value is -3.02. The van der Waals surface area contributed by atoms with Crippen LogP contribution in [0.3, 0.4) is 0 Å². The zero-order valence-electron chi connectivity index (χ0n) is 12.4. The molecule has 23 heavy (non-hydrogen) atoms. The first-order valence-electron chi connectivity index (χ1n) is 7.10. The van der Waals surface area contributed by atoms with Crippen LogP contribution in [0, 0.1) is 0 Å². The van der Waals surface area contributed by atoms with E-state index in [1.165, 1.54) is 6.92 Å². The zero-order valence-corrected chi connectivity index (χ0v) is 12.4. The Morgan fingerprint density at radius 3 is 2.61 bits per heavy atom. The molecule has 0 bridgehead atoms. The number of ether oxygens (including phenoxy) is 3. The highest BCUT2D eigenvalue weighted by Gasteiger charge is 2.20. The first kappa shape index (κ1) is 14.9. The van der Waals surface area contributed by atoms with Crippen LogP contribution >= 0.6 is 0 Å². The minimum absolute atomic E-state index is 0.165. The van der Waals surface area contributed by atoms with Gasteiger partial charge in [0.1, 0.15) is 0 Å². The quantitative estimate of drug-likeness (QED) is 0.878. The second-order valence-corrected chi connectivity index (χ2v) is 4.97. The van der Waals surface area contributed by atoms with Crippen LogP contribution in [-0.4, -0.2) is 24.8 Å². The number of amides is 1. The van der Waals surface area contributed by atoms with E-state index >= 15 is 0 Å². The Morgan fingerprint density at radius 2 is 1.83 bits per heavy atom. The van der Waals surface area contributed by atoms with Gasteiger partial charge in [-0.2, -0.15) is 0 Å². The van der Waals surface area contributed by atoms with Gasteiger partial charge in [-0.1, -0.05) is 18.2 Å². The third kappa shape index (κ3) is 3.42. The molecule has 3 rings (SSSR count). The summed E-state index contributed by atoms with van der Waals surface area (Å²) >= 11 is 0. The zero-order chi connectivity index (χ0) is 16.2. The van der Waals surface area contributed by atoms with Crippen LogP contribution in [0.2, 0.25) is 0 Å². The van der Waals surface area contributed by atoms with Gasteiger partial charge in [0.25, 0.3) is 5.91 Å². The highest BCUT2D eigenvalue weighted by atomic mass is 16.7. The Kier molecular flexibility index (Phi) is 4.14. The van der Waals surface area contributed by atoms with E-state index in [4.69, 9.17) is 14.2 Å². The highest BCUT2D eigenvalue weighted by molar-refractivity contribution is 5.97. The number of nitrogens with one attached hydrogen (secondary N) is 1. The van der Waals surface area contributed by atoms with Crippen molar-refractivity contribution in [3.8, 4) is 11.5 Å². The third-order valence-electron chi connectivity index (χ3n) is 3.30. The van der Waals surface area contributed by atoms with E-state index in [-0.39, 0.29) is 6.79 Å². The number of esters is 1.